The number of para-hydroxylation sites is 1. The van der Waals surface area contributed by atoms with Gasteiger partial charge < -0.3 is 5.32 Å². The number of thiazole rings is 1. The predicted octanol–water partition coefficient (Wildman–Crippen LogP) is 3.67. The topological polar surface area (TPSA) is 42.0 Å². The van der Waals surface area contributed by atoms with Crippen LogP contribution in [0.2, 0.25) is 0 Å². The molecule has 0 saturated carbocycles. The molecule has 2 aromatic rings. The van der Waals surface area contributed by atoms with E-state index in [4.69, 9.17) is 0 Å². The van der Waals surface area contributed by atoms with Crippen LogP contribution in [0.5, 0.6) is 0 Å². The lowest BCUT2D eigenvalue weighted by Gasteiger charge is -2.03. The third-order valence-electron chi connectivity index (χ3n) is 2.49. The molecule has 0 fully saturated rings. The van der Waals surface area contributed by atoms with Gasteiger partial charge in [-0.05, 0) is 24.5 Å². The van der Waals surface area contributed by atoms with Crippen molar-refractivity contribution in [3.63, 3.8) is 0 Å². The second kappa shape index (κ2) is 5.27. The first-order valence-electron chi connectivity index (χ1n) is 5.80. The van der Waals surface area contributed by atoms with Gasteiger partial charge in [0.25, 0.3) is 0 Å². The van der Waals surface area contributed by atoms with Crippen LogP contribution in [0.25, 0.3) is 10.2 Å². The van der Waals surface area contributed by atoms with Crippen LogP contribution < -0.4 is 5.32 Å². The molecular weight excluding hydrogens is 232 g/mol. The monoisotopic (exact) mass is 248 g/mol. The molecule has 0 aliphatic rings. The molecule has 17 heavy (non-hydrogen) atoms. The molecule has 2 rings (SSSR count). The van der Waals surface area contributed by atoms with Gasteiger partial charge in [-0.15, -0.1) is 0 Å². The van der Waals surface area contributed by atoms with Crippen LogP contribution in [0.4, 0.5) is 5.13 Å². The second-order valence-corrected chi connectivity index (χ2v) is 5.50. The van der Waals surface area contributed by atoms with Crippen molar-refractivity contribution < 1.29 is 4.79 Å². The largest absolute Gasteiger partial charge is 0.302 e. The Balaban J connectivity index is 2.01. The van der Waals surface area contributed by atoms with Crippen molar-refractivity contribution in [1.82, 2.24) is 4.98 Å². The van der Waals surface area contributed by atoms with Crippen molar-refractivity contribution in [2.75, 3.05) is 5.32 Å². The zero-order chi connectivity index (χ0) is 12.3. The number of carbonyl (C=O) groups excluding carboxylic acids is 1. The van der Waals surface area contributed by atoms with Crippen molar-refractivity contribution in [2.24, 2.45) is 5.92 Å². The highest BCUT2D eigenvalue weighted by Crippen LogP contribution is 2.25. The smallest absolute Gasteiger partial charge is 0.226 e. The molecule has 0 aliphatic heterocycles. The normalized spacial score (nSPS) is 11.0. The Morgan fingerprint density at radius 2 is 2.18 bits per heavy atom. The van der Waals surface area contributed by atoms with E-state index in [0.717, 1.165) is 16.6 Å². The maximum atomic E-state index is 11.6. The van der Waals surface area contributed by atoms with Crippen LogP contribution in [0.1, 0.15) is 26.7 Å². The summed E-state index contributed by atoms with van der Waals surface area (Å²) >= 11 is 1.52. The summed E-state index contributed by atoms with van der Waals surface area (Å²) in [5.41, 5.74) is 0.941. The molecule has 1 aromatic heterocycles. The minimum Gasteiger partial charge on any atom is -0.302 e. The molecule has 3 nitrogen and oxygen atoms in total. The number of nitrogens with one attached hydrogen (secondary N) is 1. The first-order valence-corrected chi connectivity index (χ1v) is 6.62. The fourth-order valence-corrected chi connectivity index (χ4v) is 2.41. The summed E-state index contributed by atoms with van der Waals surface area (Å²) in [6.07, 6.45) is 1.48. The molecule has 1 heterocycles. The maximum Gasteiger partial charge on any atom is 0.226 e. The van der Waals surface area contributed by atoms with Crippen LogP contribution in [-0.4, -0.2) is 10.9 Å². The Morgan fingerprint density at radius 3 is 2.88 bits per heavy atom. The molecule has 4 heteroatoms. The maximum absolute atomic E-state index is 11.6. The Hall–Kier alpha value is -1.42. The average molecular weight is 248 g/mol. The minimum atomic E-state index is 0.0535. The van der Waals surface area contributed by atoms with Gasteiger partial charge in [-0.2, -0.15) is 0 Å². The highest BCUT2D eigenvalue weighted by atomic mass is 32.1. The van der Waals surface area contributed by atoms with Crippen molar-refractivity contribution in [3.8, 4) is 0 Å². The SMILES string of the molecule is CC(C)CCC(=O)Nc1nc2ccccc2s1. The van der Waals surface area contributed by atoms with Crippen molar-refractivity contribution in [3.05, 3.63) is 24.3 Å². The van der Waals surface area contributed by atoms with Gasteiger partial charge in [0.1, 0.15) is 0 Å². The van der Waals surface area contributed by atoms with Crippen LogP contribution in [-0.2, 0) is 4.79 Å². The molecule has 0 saturated heterocycles. The number of fused-ring (bicyclic) bond motifs is 1. The van der Waals surface area contributed by atoms with Crippen LogP contribution in [0, 0.1) is 5.92 Å². The zero-order valence-electron chi connectivity index (χ0n) is 10.1. The van der Waals surface area contributed by atoms with E-state index in [1.807, 2.05) is 24.3 Å². The quantitative estimate of drug-likeness (QED) is 0.897. The number of nitrogens with zero attached hydrogens (tertiary/aromatic N) is 1. The average Bonchev–Trinajstić information content (AvgIpc) is 2.68. The van der Waals surface area contributed by atoms with Gasteiger partial charge in [-0.25, -0.2) is 4.98 Å². The third kappa shape index (κ3) is 3.27. The van der Waals surface area contributed by atoms with E-state index in [-0.39, 0.29) is 5.91 Å². The number of carbonyl (C=O) groups is 1. The Kier molecular flexibility index (Phi) is 3.74. The lowest BCUT2D eigenvalue weighted by molar-refractivity contribution is -0.116. The molecule has 0 atom stereocenters. The molecule has 1 aromatic carbocycles. The second-order valence-electron chi connectivity index (χ2n) is 4.47. The van der Waals surface area contributed by atoms with Crippen LogP contribution in [0.3, 0.4) is 0 Å². The molecule has 0 radical (unpaired) electrons. The Bertz CT molecular complexity index is 486. The van der Waals surface area contributed by atoms with E-state index < -0.39 is 0 Å². The standard InChI is InChI=1S/C13H16N2OS/c1-9(2)7-8-12(16)15-13-14-10-5-3-4-6-11(10)17-13/h3-6,9H,7-8H2,1-2H3,(H,14,15,16). The van der Waals surface area contributed by atoms with Crippen molar-refractivity contribution >= 4 is 32.6 Å². The number of hydrogen-bond acceptors (Lipinski definition) is 3. The fraction of sp³-hybridized carbons (Fsp3) is 0.385. The summed E-state index contributed by atoms with van der Waals surface area (Å²) in [5, 5.41) is 3.55. The van der Waals surface area contributed by atoms with Gasteiger partial charge >= 0.3 is 0 Å². The number of benzene rings is 1. The van der Waals surface area contributed by atoms with Crippen LogP contribution >= 0.6 is 11.3 Å². The van der Waals surface area contributed by atoms with Gasteiger partial charge in [-0.1, -0.05) is 37.3 Å². The molecule has 0 bridgehead atoms. The molecule has 1 amide bonds. The van der Waals surface area contributed by atoms with Gasteiger partial charge in [0, 0.05) is 6.42 Å². The van der Waals surface area contributed by atoms with E-state index in [0.29, 0.717) is 17.5 Å². The zero-order valence-corrected chi connectivity index (χ0v) is 10.9. The minimum absolute atomic E-state index is 0.0535. The number of rotatable bonds is 4. The summed E-state index contributed by atoms with van der Waals surface area (Å²) in [4.78, 5) is 16.0. The molecule has 0 spiro atoms. The summed E-state index contributed by atoms with van der Waals surface area (Å²) in [6.45, 7) is 4.23. The molecular formula is C13H16N2OS. The van der Waals surface area contributed by atoms with Gasteiger partial charge in [0.05, 0.1) is 10.2 Å². The lowest BCUT2D eigenvalue weighted by Crippen LogP contribution is -2.11. The van der Waals surface area contributed by atoms with Gasteiger partial charge in [0.15, 0.2) is 5.13 Å². The summed E-state index contributed by atoms with van der Waals surface area (Å²) in [5.74, 6) is 0.605. The molecule has 90 valence electrons. The Labute approximate surface area is 105 Å². The molecule has 0 unspecified atom stereocenters. The highest BCUT2D eigenvalue weighted by molar-refractivity contribution is 7.22. The first kappa shape index (κ1) is 12.0. The third-order valence-corrected chi connectivity index (χ3v) is 3.44. The van der Waals surface area contributed by atoms with E-state index in [1.165, 1.54) is 11.3 Å². The van der Waals surface area contributed by atoms with Gasteiger partial charge in [0.2, 0.25) is 5.91 Å². The number of amides is 1. The van der Waals surface area contributed by atoms with E-state index in [9.17, 15) is 4.79 Å². The first-order chi connectivity index (χ1) is 8.15. The van der Waals surface area contributed by atoms with E-state index in [2.05, 4.69) is 24.1 Å². The summed E-state index contributed by atoms with van der Waals surface area (Å²) < 4.78 is 1.10. The summed E-state index contributed by atoms with van der Waals surface area (Å²) in [7, 11) is 0. The predicted molar refractivity (Wildman–Crippen MR) is 72.3 cm³/mol. The van der Waals surface area contributed by atoms with Crippen molar-refractivity contribution in [1.29, 1.82) is 0 Å². The molecule has 0 aliphatic carbocycles. The number of hydrogen-bond donors (Lipinski definition) is 1. The highest BCUT2D eigenvalue weighted by Gasteiger charge is 2.07. The number of anilines is 1. The van der Waals surface area contributed by atoms with Gasteiger partial charge in [-0.3, -0.25) is 4.79 Å². The Morgan fingerprint density at radius 1 is 1.41 bits per heavy atom. The van der Waals surface area contributed by atoms with Crippen molar-refractivity contribution in [2.45, 2.75) is 26.7 Å². The fourth-order valence-electron chi connectivity index (χ4n) is 1.53. The van der Waals surface area contributed by atoms with Crippen LogP contribution in [0.15, 0.2) is 24.3 Å². The number of aromatic nitrogens is 1. The molecule has 1 N–H and O–H groups in total. The van der Waals surface area contributed by atoms with E-state index >= 15 is 0 Å². The lowest BCUT2D eigenvalue weighted by atomic mass is 10.1. The van der Waals surface area contributed by atoms with E-state index in [1.54, 1.807) is 0 Å². The summed E-state index contributed by atoms with van der Waals surface area (Å²) in [6, 6.07) is 7.89.